The summed E-state index contributed by atoms with van der Waals surface area (Å²) in [4.78, 5) is 15.3. The van der Waals surface area contributed by atoms with Crippen molar-refractivity contribution < 1.29 is 13.6 Å². The third-order valence-electron chi connectivity index (χ3n) is 3.72. The summed E-state index contributed by atoms with van der Waals surface area (Å²) in [6, 6.07) is 10.9. The molecule has 0 spiro atoms. The van der Waals surface area contributed by atoms with E-state index in [9.17, 15) is 13.6 Å². The van der Waals surface area contributed by atoms with Gasteiger partial charge in [-0.1, -0.05) is 12.1 Å². The molecule has 0 fully saturated rings. The van der Waals surface area contributed by atoms with Crippen LogP contribution in [0.3, 0.4) is 0 Å². The molecule has 4 nitrogen and oxygen atoms in total. The van der Waals surface area contributed by atoms with Crippen molar-refractivity contribution in [3.05, 3.63) is 65.0 Å². The molecule has 0 aliphatic carbocycles. The summed E-state index contributed by atoms with van der Waals surface area (Å²) in [7, 11) is 0. The van der Waals surface area contributed by atoms with Gasteiger partial charge in [-0.3, -0.25) is 4.79 Å². The van der Waals surface area contributed by atoms with Gasteiger partial charge >= 0.3 is 0 Å². The number of hydrogen-bond donors (Lipinski definition) is 2. The Morgan fingerprint density at radius 2 is 1.92 bits per heavy atom. The minimum absolute atomic E-state index is 0.134. The second kappa shape index (κ2) is 8.05. The molecule has 3 rings (SSSR count). The molecule has 3 aromatic rings. The molecule has 0 saturated heterocycles. The first kappa shape index (κ1) is 18.0. The lowest BCUT2D eigenvalue weighted by molar-refractivity contribution is -0.118. The number of nitrogens with zero attached hydrogens (tertiary/aromatic N) is 1. The van der Waals surface area contributed by atoms with Crippen LogP contribution in [-0.2, 0) is 11.2 Å². The summed E-state index contributed by atoms with van der Waals surface area (Å²) >= 11 is 1.38. The molecule has 0 aliphatic rings. The fourth-order valence-electron chi connectivity index (χ4n) is 2.40. The summed E-state index contributed by atoms with van der Waals surface area (Å²) in [5.41, 5.74) is 2.61. The van der Waals surface area contributed by atoms with Gasteiger partial charge in [-0.25, -0.2) is 13.8 Å². The Bertz CT molecular complexity index is 909. The predicted molar refractivity (Wildman–Crippen MR) is 99.6 cm³/mol. The number of hydrogen-bond acceptors (Lipinski definition) is 4. The van der Waals surface area contributed by atoms with Crippen LogP contribution in [0.25, 0.3) is 11.3 Å². The normalized spacial score (nSPS) is 10.6. The topological polar surface area (TPSA) is 54.0 Å². The lowest BCUT2D eigenvalue weighted by Crippen LogP contribution is -2.22. The number of carbonyl (C=O) groups excluding carboxylic acids is 1. The molecule has 2 N–H and O–H groups in total. The van der Waals surface area contributed by atoms with E-state index >= 15 is 0 Å². The highest BCUT2D eigenvalue weighted by Crippen LogP contribution is 2.28. The minimum Gasteiger partial charge on any atom is -0.356 e. The van der Waals surface area contributed by atoms with E-state index < -0.39 is 0 Å². The predicted octanol–water partition coefficient (Wildman–Crippen LogP) is 4.51. The number of aromatic nitrogens is 1. The van der Waals surface area contributed by atoms with Gasteiger partial charge in [0.05, 0.1) is 5.69 Å². The molecule has 0 aliphatic heterocycles. The molecule has 2 aromatic carbocycles. The Hall–Kier alpha value is -2.80. The maximum atomic E-state index is 14.3. The molecule has 1 amide bonds. The van der Waals surface area contributed by atoms with E-state index in [4.69, 9.17) is 0 Å². The fraction of sp³-hybridized carbons (Fsp3) is 0.158. The van der Waals surface area contributed by atoms with Gasteiger partial charge < -0.3 is 10.6 Å². The molecular formula is C19H17F2N3OS. The molecule has 26 heavy (non-hydrogen) atoms. The highest BCUT2D eigenvalue weighted by atomic mass is 32.1. The van der Waals surface area contributed by atoms with Crippen LogP contribution in [0.4, 0.5) is 19.6 Å². The summed E-state index contributed by atoms with van der Waals surface area (Å²) < 4.78 is 27.2. The van der Waals surface area contributed by atoms with Crippen molar-refractivity contribution in [3.8, 4) is 11.3 Å². The lowest BCUT2D eigenvalue weighted by atomic mass is 10.1. The number of thiazole rings is 1. The number of amides is 1. The SMILES string of the molecule is CC(=O)NCCc1ccc(-c2csc(Nc3ccc(F)cc3)n2)cc1F. The molecule has 7 heteroatoms. The summed E-state index contributed by atoms with van der Waals surface area (Å²) in [5, 5.41) is 8.21. The molecule has 0 bridgehead atoms. The fourth-order valence-corrected chi connectivity index (χ4v) is 3.14. The van der Waals surface area contributed by atoms with Crippen LogP contribution in [-0.4, -0.2) is 17.4 Å². The number of benzene rings is 2. The number of carbonyl (C=O) groups is 1. The second-order valence-electron chi connectivity index (χ2n) is 5.71. The van der Waals surface area contributed by atoms with Crippen molar-refractivity contribution in [2.75, 3.05) is 11.9 Å². The number of anilines is 2. The summed E-state index contributed by atoms with van der Waals surface area (Å²) in [5.74, 6) is -0.760. The average Bonchev–Trinajstić information content (AvgIpc) is 3.06. The van der Waals surface area contributed by atoms with Crippen molar-refractivity contribution in [2.45, 2.75) is 13.3 Å². The number of nitrogens with one attached hydrogen (secondary N) is 2. The summed E-state index contributed by atoms with van der Waals surface area (Å²) in [6.45, 7) is 1.83. The maximum absolute atomic E-state index is 14.3. The van der Waals surface area contributed by atoms with Crippen molar-refractivity contribution in [1.29, 1.82) is 0 Å². The van der Waals surface area contributed by atoms with Crippen LogP contribution in [0, 0.1) is 11.6 Å². The molecule has 0 radical (unpaired) electrons. The first-order chi connectivity index (χ1) is 12.5. The molecular weight excluding hydrogens is 356 g/mol. The van der Waals surface area contributed by atoms with Crippen LogP contribution in [0.15, 0.2) is 47.8 Å². The van der Waals surface area contributed by atoms with E-state index in [0.717, 1.165) is 5.69 Å². The van der Waals surface area contributed by atoms with E-state index in [1.807, 2.05) is 11.4 Å². The zero-order chi connectivity index (χ0) is 18.5. The van der Waals surface area contributed by atoms with E-state index in [1.165, 1.54) is 36.5 Å². The summed E-state index contributed by atoms with van der Waals surface area (Å²) in [6.07, 6.45) is 0.431. The van der Waals surface area contributed by atoms with Gasteiger partial charge in [-0.15, -0.1) is 11.3 Å². The zero-order valence-electron chi connectivity index (χ0n) is 14.1. The molecule has 1 heterocycles. The largest absolute Gasteiger partial charge is 0.356 e. The monoisotopic (exact) mass is 373 g/mol. The van der Waals surface area contributed by atoms with Crippen molar-refractivity contribution in [2.24, 2.45) is 0 Å². The zero-order valence-corrected chi connectivity index (χ0v) is 14.9. The van der Waals surface area contributed by atoms with Crippen LogP contribution < -0.4 is 10.6 Å². The van der Waals surface area contributed by atoms with Gasteiger partial charge in [-0.05, 0) is 42.3 Å². The molecule has 0 unspecified atom stereocenters. The quantitative estimate of drug-likeness (QED) is 0.668. The highest BCUT2D eigenvalue weighted by molar-refractivity contribution is 7.14. The molecule has 134 valence electrons. The van der Waals surface area contributed by atoms with Crippen LogP contribution in [0.5, 0.6) is 0 Å². The average molecular weight is 373 g/mol. The first-order valence-electron chi connectivity index (χ1n) is 8.02. The van der Waals surface area contributed by atoms with Crippen LogP contribution >= 0.6 is 11.3 Å². The Balaban J connectivity index is 1.69. The molecule has 0 saturated carbocycles. The van der Waals surface area contributed by atoms with Gasteiger partial charge in [0.2, 0.25) is 5.91 Å². The van der Waals surface area contributed by atoms with Gasteiger partial charge in [-0.2, -0.15) is 0 Å². The Kier molecular flexibility index (Phi) is 5.58. The van der Waals surface area contributed by atoms with Gasteiger partial charge in [0.25, 0.3) is 0 Å². The number of rotatable bonds is 6. The van der Waals surface area contributed by atoms with Gasteiger partial charge in [0.15, 0.2) is 5.13 Å². The Labute approximate surface area is 153 Å². The number of halogens is 2. The lowest BCUT2D eigenvalue weighted by Gasteiger charge is -2.06. The third kappa shape index (κ3) is 4.64. The Morgan fingerprint density at radius 1 is 1.15 bits per heavy atom. The molecule has 1 aromatic heterocycles. The van der Waals surface area contributed by atoms with Crippen molar-refractivity contribution in [3.63, 3.8) is 0 Å². The second-order valence-corrected chi connectivity index (χ2v) is 6.57. The van der Waals surface area contributed by atoms with E-state index in [1.54, 1.807) is 18.2 Å². The Morgan fingerprint density at radius 3 is 2.62 bits per heavy atom. The van der Waals surface area contributed by atoms with Crippen molar-refractivity contribution in [1.82, 2.24) is 10.3 Å². The smallest absolute Gasteiger partial charge is 0.216 e. The minimum atomic E-state index is -0.325. The van der Waals surface area contributed by atoms with Crippen LogP contribution in [0.1, 0.15) is 12.5 Å². The van der Waals surface area contributed by atoms with E-state index in [0.29, 0.717) is 34.9 Å². The van der Waals surface area contributed by atoms with Crippen LogP contribution in [0.2, 0.25) is 0 Å². The van der Waals surface area contributed by atoms with E-state index in [-0.39, 0.29) is 17.5 Å². The van der Waals surface area contributed by atoms with Crippen molar-refractivity contribution >= 4 is 28.1 Å². The standard InChI is InChI=1S/C19H17F2N3OS/c1-12(25)22-9-8-13-2-3-14(10-17(13)21)18-11-26-19(24-18)23-16-6-4-15(20)5-7-16/h2-7,10-11H,8-9H2,1H3,(H,22,25)(H,23,24). The third-order valence-corrected chi connectivity index (χ3v) is 4.47. The molecule has 0 atom stereocenters. The van der Waals surface area contributed by atoms with E-state index in [2.05, 4.69) is 15.6 Å². The highest BCUT2D eigenvalue weighted by Gasteiger charge is 2.09. The first-order valence-corrected chi connectivity index (χ1v) is 8.90. The van der Waals surface area contributed by atoms with Gasteiger partial charge in [0, 0.05) is 30.1 Å². The maximum Gasteiger partial charge on any atom is 0.216 e. The van der Waals surface area contributed by atoms with Gasteiger partial charge in [0.1, 0.15) is 11.6 Å².